The maximum Gasteiger partial charge on any atom is 0.245 e. The lowest BCUT2D eigenvalue weighted by Gasteiger charge is -2.13. The molecule has 0 aromatic carbocycles. The van der Waals surface area contributed by atoms with Crippen LogP contribution in [0.3, 0.4) is 0 Å². The van der Waals surface area contributed by atoms with Gasteiger partial charge in [-0.15, -0.1) is 10.2 Å². The van der Waals surface area contributed by atoms with E-state index in [0.29, 0.717) is 36.2 Å². The maximum absolute atomic E-state index is 12.9. The molecule has 3 aromatic heterocycles. The van der Waals surface area contributed by atoms with Crippen LogP contribution in [0.1, 0.15) is 29.5 Å². The van der Waals surface area contributed by atoms with Crippen LogP contribution in [-0.4, -0.2) is 53.9 Å². The lowest BCUT2D eigenvalue weighted by molar-refractivity contribution is 0.0879. The number of alkyl halides is 2. The van der Waals surface area contributed by atoms with Gasteiger partial charge < -0.3 is 4.90 Å². The lowest BCUT2D eigenvalue weighted by Crippen LogP contribution is -2.23. The van der Waals surface area contributed by atoms with Gasteiger partial charge in [-0.3, -0.25) is 4.98 Å². The molecule has 0 amide bonds. The Kier molecular flexibility index (Phi) is 4.33. The minimum Gasteiger partial charge on any atom is -0.339 e. The number of nitrogens with zero attached hydrogens (tertiary/aromatic N) is 8. The summed E-state index contributed by atoms with van der Waals surface area (Å²) < 4.78 is 29.1. The summed E-state index contributed by atoms with van der Waals surface area (Å²) in [6.45, 7) is 4.62. The second kappa shape index (κ2) is 6.67. The zero-order chi connectivity index (χ0) is 19.1. The Hall–Kier alpha value is -2.91. The van der Waals surface area contributed by atoms with E-state index in [4.69, 9.17) is 0 Å². The molecule has 0 N–H and O–H groups in total. The van der Waals surface area contributed by atoms with E-state index in [-0.39, 0.29) is 6.54 Å². The molecule has 1 atom stereocenters. The standard InChI is InChI=1S/C17H20F2N8/c1-10-8-20-11(2)16-21-13(23-27(10)16)4-5-14-22-17(24-25(14)3)26-7-6-12(9-26)15(18)19/h4-5,8,12,15H,6-7,9H2,1-3H3/b5-4+. The van der Waals surface area contributed by atoms with E-state index in [1.165, 1.54) is 0 Å². The summed E-state index contributed by atoms with van der Waals surface area (Å²) in [5, 5.41) is 8.81. The summed E-state index contributed by atoms with van der Waals surface area (Å²) in [4.78, 5) is 15.0. The van der Waals surface area contributed by atoms with E-state index < -0.39 is 12.3 Å². The molecule has 0 bridgehead atoms. The normalized spacial score (nSPS) is 17.9. The number of aryl methyl sites for hydroxylation is 3. The number of halogens is 2. The fourth-order valence-corrected chi connectivity index (χ4v) is 3.17. The minimum absolute atomic E-state index is 0.282. The Balaban J connectivity index is 1.56. The Labute approximate surface area is 154 Å². The van der Waals surface area contributed by atoms with Crippen molar-refractivity contribution in [2.24, 2.45) is 13.0 Å². The molecule has 0 spiro atoms. The van der Waals surface area contributed by atoms with Gasteiger partial charge in [0.05, 0.1) is 11.4 Å². The molecule has 1 unspecified atom stereocenters. The van der Waals surface area contributed by atoms with Crippen molar-refractivity contribution in [2.45, 2.75) is 26.7 Å². The van der Waals surface area contributed by atoms with Gasteiger partial charge in [0.1, 0.15) is 0 Å². The van der Waals surface area contributed by atoms with Crippen LogP contribution >= 0.6 is 0 Å². The van der Waals surface area contributed by atoms with Crippen LogP contribution < -0.4 is 4.90 Å². The number of aromatic nitrogens is 7. The highest BCUT2D eigenvalue weighted by atomic mass is 19.3. The van der Waals surface area contributed by atoms with Crippen molar-refractivity contribution in [3.63, 3.8) is 0 Å². The zero-order valence-electron chi connectivity index (χ0n) is 15.3. The van der Waals surface area contributed by atoms with Gasteiger partial charge in [0, 0.05) is 32.3 Å². The van der Waals surface area contributed by atoms with Gasteiger partial charge >= 0.3 is 0 Å². The highest BCUT2D eigenvalue weighted by Gasteiger charge is 2.31. The molecule has 0 aliphatic carbocycles. The first kappa shape index (κ1) is 17.5. The van der Waals surface area contributed by atoms with E-state index in [0.717, 1.165) is 11.4 Å². The fourth-order valence-electron chi connectivity index (χ4n) is 3.17. The third-order valence-electron chi connectivity index (χ3n) is 4.76. The molecule has 4 heterocycles. The molecule has 0 radical (unpaired) electrons. The first-order valence-corrected chi connectivity index (χ1v) is 8.73. The van der Waals surface area contributed by atoms with E-state index >= 15 is 0 Å². The molecule has 3 aromatic rings. The molecular formula is C17H20F2N8. The van der Waals surface area contributed by atoms with Crippen molar-refractivity contribution in [1.29, 1.82) is 0 Å². The van der Waals surface area contributed by atoms with Crippen LogP contribution in [0.2, 0.25) is 0 Å². The molecule has 1 aliphatic rings. The van der Waals surface area contributed by atoms with Gasteiger partial charge in [0.25, 0.3) is 0 Å². The molecule has 1 fully saturated rings. The number of fused-ring (bicyclic) bond motifs is 1. The average Bonchev–Trinajstić information content (AvgIpc) is 3.34. The highest BCUT2D eigenvalue weighted by Crippen LogP contribution is 2.25. The van der Waals surface area contributed by atoms with Crippen molar-refractivity contribution in [3.8, 4) is 0 Å². The number of hydrogen-bond acceptors (Lipinski definition) is 6. The predicted molar refractivity (Wildman–Crippen MR) is 96.5 cm³/mol. The van der Waals surface area contributed by atoms with Crippen LogP contribution in [0, 0.1) is 19.8 Å². The van der Waals surface area contributed by atoms with Gasteiger partial charge in [0.2, 0.25) is 12.4 Å². The molecule has 4 rings (SSSR count). The second-order valence-corrected chi connectivity index (χ2v) is 6.75. The van der Waals surface area contributed by atoms with Crippen LogP contribution in [0.4, 0.5) is 14.7 Å². The summed E-state index contributed by atoms with van der Waals surface area (Å²) >= 11 is 0. The first-order valence-electron chi connectivity index (χ1n) is 8.73. The lowest BCUT2D eigenvalue weighted by atomic mass is 10.1. The van der Waals surface area contributed by atoms with Gasteiger partial charge in [0.15, 0.2) is 17.3 Å². The Morgan fingerprint density at radius 2 is 2.00 bits per heavy atom. The molecular weight excluding hydrogens is 354 g/mol. The molecule has 8 nitrogen and oxygen atoms in total. The van der Waals surface area contributed by atoms with E-state index in [2.05, 4.69) is 25.1 Å². The fraction of sp³-hybridized carbons (Fsp3) is 0.471. The smallest absolute Gasteiger partial charge is 0.245 e. The van der Waals surface area contributed by atoms with Crippen LogP contribution in [0.25, 0.3) is 17.8 Å². The molecule has 27 heavy (non-hydrogen) atoms. The Morgan fingerprint density at radius 3 is 2.70 bits per heavy atom. The monoisotopic (exact) mass is 374 g/mol. The van der Waals surface area contributed by atoms with Crippen LogP contribution in [0.5, 0.6) is 0 Å². The zero-order valence-corrected chi connectivity index (χ0v) is 15.3. The van der Waals surface area contributed by atoms with Crippen LogP contribution in [0.15, 0.2) is 6.20 Å². The van der Waals surface area contributed by atoms with Crippen molar-refractivity contribution in [1.82, 2.24) is 34.3 Å². The largest absolute Gasteiger partial charge is 0.339 e. The summed E-state index contributed by atoms with van der Waals surface area (Å²) in [6, 6.07) is 0. The topological polar surface area (TPSA) is 77.0 Å². The summed E-state index contributed by atoms with van der Waals surface area (Å²) in [7, 11) is 1.77. The highest BCUT2D eigenvalue weighted by molar-refractivity contribution is 5.65. The second-order valence-electron chi connectivity index (χ2n) is 6.75. The number of hydrogen-bond donors (Lipinski definition) is 0. The van der Waals surface area contributed by atoms with Gasteiger partial charge in [-0.1, -0.05) is 0 Å². The summed E-state index contributed by atoms with van der Waals surface area (Å²) in [6.07, 6.45) is 3.43. The van der Waals surface area contributed by atoms with Crippen molar-refractivity contribution in [3.05, 3.63) is 29.2 Å². The van der Waals surface area contributed by atoms with Crippen LogP contribution in [-0.2, 0) is 7.05 Å². The third kappa shape index (κ3) is 3.26. The van der Waals surface area contributed by atoms with Gasteiger partial charge in [-0.25, -0.2) is 23.0 Å². The maximum atomic E-state index is 12.9. The van der Waals surface area contributed by atoms with Gasteiger partial charge in [-0.05, 0) is 32.4 Å². The van der Waals surface area contributed by atoms with Crippen molar-refractivity contribution >= 4 is 23.7 Å². The quantitative estimate of drug-likeness (QED) is 0.696. The molecule has 0 saturated carbocycles. The molecule has 10 heteroatoms. The van der Waals surface area contributed by atoms with Crippen molar-refractivity contribution in [2.75, 3.05) is 18.0 Å². The molecule has 1 saturated heterocycles. The van der Waals surface area contributed by atoms with E-state index in [1.807, 2.05) is 13.8 Å². The van der Waals surface area contributed by atoms with E-state index in [9.17, 15) is 8.78 Å². The van der Waals surface area contributed by atoms with Gasteiger partial charge in [-0.2, -0.15) is 4.98 Å². The Morgan fingerprint density at radius 1 is 1.19 bits per heavy atom. The predicted octanol–water partition coefficient (Wildman–Crippen LogP) is 2.13. The minimum atomic E-state index is -2.30. The third-order valence-corrected chi connectivity index (χ3v) is 4.76. The number of anilines is 1. The summed E-state index contributed by atoms with van der Waals surface area (Å²) in [5.41, 5.74) is 2.41. The van der Waals surface area contributed by atoms with E-state index in [1.54, 1.807) is 39.5 Å². The molecule has 1 aliphatic heterocycles. The van der Waals surface area contributed by atoms with Crippen molar-refractivity contribution < 1.29 is 8.78 Å². The molecule has 142 valence electrons. The average molecular weight is 374 g/mol. The Bertz CT molecular complexity index is 967. The first-order chi connectivity index (χ1) is 12.9. The SMILES string of the molecule is Cc1ncc(C)n2nc(/C=C/c3nc(N4CCC(C(F)F)C4)nn3C)nc12. The number of rotatable bonds is 4. The summed E-state index contributed by atoms with van der Waals surface area (Å²) in [5.74, 6) is 1.00.